The number of halogens is 1. The first-order valence-electron chi connectivity index (χ1n) is 5.68. The van der Waals surface area contributed by atoms with E-state index in [0.717, 1.165) is 38.1 Å². The van der Waals surface area contributed by atoms with Crippen LogP contribution in [0.5, 0.6) is 0 Å². The van der Waals surface area contributed by atoms with Crippen molar-refractivity contribution in [2.24, 2.45) is 0 Å². The molecule has 1 rings (SSSR count). The Bertz CT molecular complexity index is 169. The van der Waals surface area contributed by atoms with Crippen molar-refractivity contribution in [2.45, 2.75) is 31.9 Å². The third kappa shape index (κ3) is 4.81. The van der Waals surface area contributed by atoms with E-state index in [1.165, 1.54) is 6.42 Å². The molecule has 0 aromatic carbocycles. The lowest BCUT2D eigenvalue weighted by molar-refractivity contribution is -0.0472. The Morgan fingerprint density at radius 3 is 2.93 bits per heavy atom. The molecule has 1 aliphatic rings. The van der Waals surface area contributed by atoms with Gasteiger partial charge >= 0.3 is 0 Å². The minimum Gasteiger partial charge on any atom is -0.385 e. The van der Waals surface area contributed by atoms with Crippen molar-refractivity contribution >= 4 is 15.9 Å². The van der Waals surface area contributed by atoms with Gasteiger partial charge in [0.25, 0.3) is 0 Å². The first kappa shape index (κ1) is 13.4. The van der Waals surface area contributed by atoms with E-state index in [4.69, 9.17) is 9.47 Å². The Balaban J connectivity index is 2.19. The number of methoxy groups -OCH3 is 1. The maximum absolute atomic E-state index is 5.68. The van der Waals surface area contributed by atoms with E-state index in [0.29, 0.717) is 12.1 Å². The lowest BCUT2D eigenvalue weighted by atomic mass is 10.2. The first-order valence-corrected chi connectivity index (χ1v) is 6.80. The summed E-state index contributed by atoms with van der Waals surface area (Å²) < 4.78 is 10.7. The Hall–Kier alpha value is 0.360. The largest absolute Gasteiger partial charge is 0.385 e. The maximum atomic E-state index is 5.68. The monoisotopic (exact) mass is 279 g/mol. The molecule has 0 N–H and O–H groups in total. The molecule has 0 amide bonds. The van der Waals surface area contributed by atoms with E-state index in [2.05, 4.69) is 27.8 Å². The molecule has 0 aromatic heterocycles. The summed E-state index contributed by atoms with van der Waals surface area (Å²) in [4.78, 5) is 2.52. The summed E-state index contributed by atoms with van der Waals surface area (Å²) in [6.07, 6.45) is 2.73. The van der Waals surface area contributed by atoms with Crippen molar-refractivity contribution in [3.63, 3.8) is 0 Å². The topological polar surface area (TPSA) is 21.7 Å². The van der Waals surface area contributed by atoms with Crippen LogP contribution in [0.15, 0.2) is 0 Å². The zero-order valence-corrected chi connectivity index (χ0v) is 11.3. The average molecular weight is 280 g/mol. The number of rotatable bonds is 6. The highest BCUT2D eigenvalue weighted by Crippen LogP contribution is 2.13. The third-order valence-electron chi connectivity index (χ3n) is 2.85. The van der Waals surface area contributed by atoms with E-state index in [1.807, 2.05) is 0 Å². The third-order valence-corrected chi connectivity index (χ3v) is 3.57. The van der Waals surface area contributed by atoms with Gasteiger partial charge in [0, 0.05) is 31.6 Å². The molecule has 1 aliphatic heterocycles. The molecule has 0 aliphatic carbocycles. The van der Waals surface area contributed by atoms with Crippen LogP contribution in [0.3, 0.4) is 0 Å². The average Bonchev–Trinajstić information content (AvgIpc) is 2.26. The number of hydrogen-bond donors (Lipinski definition) is 0. The van der Waals surface area contributed by atoms with Gasteiger partial charge in [-0.05, 0) is 26.3 Å². The molecule has 0 radical (unpaired) electrons. The zero-order valence-electron chi connectivity index (χ0n) is 9.75. The van der Waals surface area contributed by atoms with Gasteiger partial charge in [0.15, 0.2) is 0 Å². The quantitative estimate of drug-likeness (QED) is 0.548. The molecule has 2 unspecified atom stereocenters. The van der Waals surface area contributed by atoms with Crippen LogP contribution in [0.25, 0.3) is 0 Å². The number of alkyl halides is 1. The van der Waals surface area contributed by atoms with Crippen LogP contribution in [0.2, 0.25) is 0 Å². The van der Waals surface area contributed by atoms with Gasteiger partial charge in [0.05, 0.1) is 12.7 Å². The van der Waals surface area contributed by atoms with E-state index in [-0.39, 0.29) is 0 Å². The molecule has 15 heavy (non-hydrogen) atoms. The van der Waals surface area contributed by atoms with Crippen LogP contribution < -0.4 is 0 Å². The molecule has 1 fully saturated rings. The second kappa shape index (κ2) is 7.60. The zero-order chi connectivity index (χ0) is 11.1. The van der Waals surface area contributed by atoms with Crippen molar-refractivity contribution < 1.29 is 9.47 Å². The predicted octanol–water partition coefficient (Wildman–Crippen LogP) is 1.90. The van der Waals surface area contributed by atoms with Crippen LogP contribution in [0.4, 0.5) is 0 Å². The van der Waals surface area contributed by atoms with Gasteiger partial charge in [0.2, 0.25) is 0 Å². The molecule has 2 atom stereocenters. The second-order valence-corrected chi connectivity index (χ2v) is 4.80. The minimum absolute atomic E-state index is 0.364. The Labute approximate surface area is 101 Å². The molecule has 0 aromatic rings. The summed E-state index contributed by atoms with van der Waals surface area (Å²) in [7, 11) is 1.76. The van der Waals surface area contributed by atoms with Crippen molar-refractivity contribution in [1.82, 2.24) is 4.90 Å². The van der Waals surface area contributed by atoms with E-state index < -0.39 is 0 Å². The van der Waals surface area contributed by atoms with Crippen LogP contribution in [-0.2, 0) is 9.47 Å². The lowest BCUT2D eigenvalue weighted by Gasteiger charge is -2.37. The van der Waals surface area contributed by atoms with Gasteiger partial charge in [0.1, 0.15) is 0 Å². The van der Waals surface area contributed by atoms with Gasteiger partial charge in [-0.15, -0.1) is 0 Å². The highest BCUT2D eigenvalue weighted by atomic mass is 79.9. The summed E-state index contributed by atoms with van der Waals surface area (Å²) in [6.45, 7) is 6.19. The summed E-state index contributed by atoms with van der Waals surface area (Å²) in [5, 5.41) is 0.939. The summed E-state index contributed by atoms with van der Waals surface area (Å²) in [6, 6.07) is 0.558. The van der Waals surface area contributed by atoms with Crippen LogP contribution in [0.1, 0.15) is 19.8 Å². The number of unbranched alkanes of at least 4 members (excludes halogenated alkanes) is 1. The smallest absolute Gasteiger partial charge is 0.0799 e. The normalized spacial score (nSPS) is 28.2. The predicted molar refractivity (Wildman–Crippen MR) is 65.7 cm³/mol. The van der Waals surface area contributed by atoms with Gasteiger partial charge in [-0.3, -0.25) is 4.90 Å². The summed E-state index contributed by atoms with van der Waals surface area (Å²) >= 11 is 3.48. The lowest BCUT2D eigenvalue weighted by Crippen LogP contribution is -2.49. The molecule has 90 valence electrons. The molecular weight excluding hydrogens is 258 g/mol. The van der Waals surface area contributed by atoms with Crippen molar-refractivity contribution in [2.75, 3.05) is 38.7 Å². The van der Waals surface area contributed by atoms with Crippen LogP contribution >= 0.6 is 15.9 Å². The minimum atomic E-state index is 0.364. The standard InChI is InChI=1S/C11H22BrNO2/c1-10-9-15-11(7-12)8-13(10)5-3-4-6-14-2/h10-11H,3-9H2,1-2H3. The number of nitrogens with zero attached hydrogens (tertiary/aromatic N) is 1. The van der Waals surface area contributed by atoms with Crippen molar-refractivity contribution in [3.05, 3.63) is 0 Å². The van der Waals surface area contributed by atoms with Gasteiger partial charge in [-0.1, -0.05) is 15.9 Å². The Kier molecular flexibility index (Phi) is 6.81. The highest BCUT2D eigenvalue weighted by Gasteiger charge is 2.24. The van der Waals surface area contributed by atoms with E-state index in [9.17, 15) is 0 Å². The summed E-state index contributed by atoms with van der Waals surface area (Å²) in [5.74, 6) is 0. The van der Waals surface area contributed by atoms with Crippen molar-refractivity contribution in [1.29, 1.82) is 0 Å². The number of ether oxygens (including phenoxy) is 2. The highest BCUT2D eigenvalue weighted by molar-refractivity contribution is 9.09. The number of morpholine rings is 1. The van der Waals surface area contributed by atoms with E-state index in [1.54, 1.807) is 7.11 Å². The Morgan fingerprint density at radius 1 is 1.47 bits per heavy atom. The molecule has 1 saturated heterocycles. The molecule has 0 spiro atoms. The molecular formula is C11H22BrNO2. The SMILES string of the molecule is COCCCCN1CC(CBr)OCC1C. The van der Waals surface area contributed by atoms with Crippen LogP contribution in [0, 0.1) is 0 Å². The van der Waals surface area contributed by atoms with Crippen LogP contribution in [-0.4, -0.2) is 55.8 Å². The molecule has 0 bridgehead atoms. The van der Waals surface area contributed by atoms with E-state index >= 15 is 0 Å². The molecule has 1 heterocycles. The van der Waals surface area contributed by atoms with Gasteiger partial charge < -0.3 is 9.47 Å². The summed E-state index contributed by atoms with van der Waals surface area (Å²) in [5.41, 5.74) is 0. The Morgan fingerprint density at radius 2 is 2.27 bits per heavy atom. The number of hydrogen-bond acceptors (Lipinski definition) is 3. The molecule has 0 saturated carbocycles. The van der Waals surface area contributed by atoms with Crippen molar-refractivity contribution in [3.8, 4) is 0 Å². The molecule has 3 nitrogen and oxygen atoms in total. The van der Waals surface area contributed by atoms with Gasteiger partial charge in [-0.2, -0.15) is 0 Å². The molecule has 4 heteroatoms. The fourth-order valence-corrected chi connectivity index (χ4v) is 2.23. The maximum Gasteiger partial charge on any atom is 0.0799 e. The fraction of sp³-hybridized carbons (Fsp3) is 1.00. The second-order valence-electron chi connectivity index (χ2n) is 4.15. The first-order chi connectivity index (χ1) is 7.27. The fourth-order valence-electron chi connectivity index (χ4n) is 1.84. The van der Waals surface area contributed by atoms with Gasteiger partial charge in [-0.25, -0.2) is 0 Å².